The third-order valence-electron chi connectivity index (χ3n) is 4.34. The van der Waals surface area contributed by atoms with E-state index in [1.54, 1.807) is 49.6 Å². The van der Waals surface area contributed by atoms with Crippen LogP contribution in [0.5, 0.6) is 11.5 Å². The van der Waals surface area contributed by atoms with Gasteiger partial charge >= 0.3 is 0 Å². The molecular weight excluding hydrogens is 401 g/mol. The molecule has 0 heterocycles. The first-order chi connectivity index (χ1) is 15.0. The van der Waals surface area contributed by atoms with Crippen LogP contribution in [0.4, 0.5) is 10.1 Å². The Bertz CT molecular complexity index is 1110. The second-order valence-corrected chi connectivity index (χ2v) is 6.31. The number of ether oxygens (including phenoxy) is 2. The number of carbonyl (C=O) groups is 2. The molecule has 0 aliphatic heterocycles. The number of halogens is 1. The van der Waals surface area contributed by atoms with E-state index in [4.69, 9.17) is 9.47 Å². The second-order valence-electron chi connectivity index (χ2n) is 6.31. The Morgan fingerprint density at radius 1 is 0.935 bits per heavy atom. The molecular formula is C23H20FN3O4. The third-order valence-corrected chi connectivity index (χ3v) is 4.34. The van der Waals surface area contributed by atoms with Gasteiger partial charge in [0.2, 0.25) is 0 Å². The lowest BCUT2D eigenvalue weighted by Crippen LogP contribution is -2.21. The maximum atomic E-state index is 13.1. The summed E-state index contributed by atoms with van der Waals surface area (Å²) in [6.07, 6.45) is 1.44. The minimum Gasteiger partial charge on any atom is -0.497 e. The molecule has 2 N–H and O–H groups in total. The minimum atomic E-state index is -0.515. The van der Waals surface area contributed by atoms with E-state index in [1.165, 1.54) is 37.6 Å². The summed E-state index contributed by atoms with van der Waals surface area (Å²) >= 11 is 0. The summed E-state index contributed by atoms with van der Waals surface area (Å²) in [5.74, 6) is -0.263. The fourth-order valence-corrected chi connectivity index (χ4v) is 2.73. The lowest BCUT2D eigenvalue weighted by atomic mass is 10.1. The number of carbonyl (C=O) groups excluding carboxylic acids is 2. The van der Waals surface area contributed by atoms with Crippen LogP contribution in [0.3, 0.4) is 0 Å². The van der Waals surface area contributed by atoms with Gasteiger partial charge in [-0.2, -0.15) is 5.10 Å². The molecule has 7 nitrogen and oxygen atoms in total. The van der Waals surface area contributed by atoms with Crippen LogP contribution in [0.25, 0.3) is 0 Å². The maximum absolute atomic E-state index is 13.1. The Kier molecular flexibility index (Phi) is 6.95. The van der Waals surface area contributed by atoms with Crippen LogP contribution >= 0.6 is 0 Å². The zero-order chi connectivity index (χ0) is 22.2. The topological polar surface area (TPSA) is 89.0 Å². The van der Waals surface area contributed by atoms with Gasteiger partial charge in [0.1, 0.15) is 17.3 Å². The van der Waals surface area contributed by atoms with Crippen molar-refractivity contribution in [3.8, 4) is 11.5 Å². The van der Waals surface area contributed by atoms with E-state index in [0.717, 1.165) is 0 Å². The van der Waals surface area contributed by atoms with Gasteiger partial charge in [0, 0.05) is 17.2 Å². The quantitative estimate of drug-likeness (QED) is 0.448. The Hall–Kier alpha value is -4.20. The Morgan fingerprint density at radius 3 is 2.39 bits per heavy atom. The van der Waals surface area contributed by atoms with Crippen LogP contribution in [0.1, 0.15) is 26.3 Å². The normalized spacial score (nSPS) is 10.5. The third kappa shape index (κ3) is 5.45. The maximum Gasteiger partial charge on any atom is 0.273 e. The molecule has 0 unspecified atom stereocenters. The smallest absolute Gasteiger partial charge is 0.273 e. The summed E-state index contributed by atoms with van der Waals surface area (Å²) in [6.45, 7) is 0. The highest BCUT2D eigenvalue weighted by Crippen LogP contribution is 2.23. The van der Waals surface area contributed by atoms with E-state index < -0.39 is 17.6 Å². The standard InChI is InChI=1S/C23H20FN3O4/c1-30-18-12-9-16(21(13-18)31-2)14-25-27-23(29)19-5-3-4-6-20(19)26-22(28)15-7-10-17(24)11-8-15/h3-14H,1-2H3,(H,26,28)(H,27,29). The number of hydrazone groups is 1. The number of para-hydroxylation sites is 1. The van der Waals surface area contributed by atoms with Crippen LogP contribution < -0.4 is 20.2 Å². The summed E-state index contributed by atoms with van der Waals surface area (Å²) in [5.41, 5.74) is 3.85. The van der Waals surface area contributed by atoms with E-state index in [9.17, 15) is 14.0 Å². The molecule has 31 heavy (non-hydrogen) atoms. The summed E-state index contributed by atoms with van der Waals surface area (Å²) in [6, 6.07) is 16.8. The van der Waals surface area contributed by atoms with E-state index in [1.807, 2.05) is 0 Å². The molecule has 0 bridgehead atoms. The number of methoxy groups -OCH3 is 2. The van der Waals surface area contributed by atoms with Gasteiger partial charge in [-0.05, 0) is 48.5 Å². The number of nitrogens with zero attached hydrogens (tertiary/aromatic N) is 1. The molecule has 3 aromatic carbocycles. The number of hydrogen-bond donors (Lipinski definition) is 2. The lowest BCUT2D eigenvalue weighted by Gasteiger charge is -2.10. The minimum absolute atomic E-state index is 0.219. The summed E-state index contributed by atoms with van der Waals surface area (Å²) in [7, 11) is 3.07. The van der Waals surface area contributed by atoms with Crippen molar-refractivity contribution in [2.75, 3.05) is 19.5 Å². The molecule has 0 aliphatic rings. The van der Waals surface area contributed by atoms with Crippen LogP contribution in [-0.2, 0) is 0 Å². The molecule has 0 aromatic heterocycles. The van der Waals surface area contributed by atoms with Crippen molar-refractivity contribution in [2.45, 2.75) is 0 Å². The van der Waals surface area contributed by atoms with E-state index in [2.05, 4.69) is 15.8 Å². The van der Waals surface area contributed by atoms with Gasteiger partial charge in [-0.1, -0.05) is 12.1 Å². The summed E-state index contributed by atoms with van der Waals surface area (Å²) in [4.78, 5) is 25.0. The van der Waals surface area contributed by atoms with Gasteiger partial charge in [-0.15, -0.1) is 0 Å². The molecule has 3 rings (SSSR count). The van der Waals surface area contributed by atoms with Crippen molar-refractivity contribution < 1.29 is 23.5 Å². The predicted octanol–water partition coefficient (Wildman–Crippen LogP) is 3.86. The van der Waals surface area contributed by atoms with Crippen molar-refractivity contribution in [1.29, 1.82) is 0 Å². The van der Waals surface area contributed by atoms with E-state index in [-0.39, 0.29) is 11.1 Å². The van der Waals surface area contributed by atoms with Gasteiger partial charge in [0.15, 0.2) is 0 Å². The summed E-state index contributed by atoms with van der Waals surface area (Å²) < 4.78 is 23.5. The highest BCUT2D eigenvalue weighted by atomic mass is 19.1. The molecule has 158 valence electrons. The first-order valence-electron chi connectivity index (χ1n) is 9.23. The van der Waals surface area contributed by atoms with Crippen molar-refractivity contribution in [1.82, 2.24) is 5.43 Å². The van der Waals surface area contributed by atoms with E-state index in [0.29, 0.717) is 22.7 Å². The summed E-state index contributed by atoms with van der Waals surface area (Å²) in [5, 5.41) is 6.63. The van der Waals surface area contributed by atoms with Gasteiger partial charge in [0.25, 0.3) is 11.8 Å². The zero-order valence-corrected chi connectivity index (χ0v) is 16.9. The lowest BCUT2D eigenvalue weighted by molar-refractivity contribution is 0.0956. The van der Waals surface area contributed by atoms with Crippen LogP contribution in [-0.4, -0.2) is 32.2 Å². The Balaban J connectivity index is 1.72. The highest BCUT2D eigenvalue weighted by Gasteiger charge is 2.14. The Morgan fingerprint density at radius 2 is 1.68 bits per heavy atom. The van der Waals surface area contributed by atoms with Crippen molar-refractivity contribution in [3.05, 3.63) is 89.2 Å². The van der Waals surface area contributed by atoms with Gasteiger partial charge < -0.3 is 14.8 Å². The van der Waals surface area contributed by atoms with Crippen molar-refractivity contribution in [2.24, 2.45) is 5.10 Å². The molecule has 0 fully saturated rings. The molecule has 0 aliphatic carbocycles. The fraction of sp³-hybridized carbons (Fsp3) is 0.0870. The molecule has 0 saturated carbocycles. The van der Waals surface area contributed by atoms with Crippen molar-refractivity contribution in [3.63, 3.8) is 0 Å². The average Bonchev–Trinajstić information content (AvgIpc) is 2.79. The van der Waals surface area contributed by atoms with Gasteiger partial charge in [-0.25, -0.2) is 9.82 Å². The number of anilines is 1. The van der Waals surface area contributed by atoms with Gasteiger partial charge in [-0.3, -0.25) is 9.59 Å². The first kappa shape index (κ1) is 21.5. The molecule has 0 saturated heterocycles. The molecule has 8 heteroatoms. The van der Waals surface area contributed by atoms with Crippen molar-refractivity contribution >= 4 is 23.7 Å². The molecule has 0 spiro atoms. The second kappa shape index (κ2) is 10.0. The number of benzene rings is 3. The molecule has 0 atom stereocenters. The average molecular weight is 421 g/mol. The number of rotatable bonds is 7. The molecule has 0 radical (unpaired) electrons. The monoisotopic (exact) mass is 421 g/mol. The predicted molar refractivity (Wildman–Crippen MR) is 115 cm³/mol. The fourth-order valence-electron chi connectivity index (χ4n) is 2.73. The zero-order valence-electron chi connectivity index (χ0n) is 16.9. The van der Waals surface area contributed by atoms with E-state index >= 15 is 0 Å². The number of nitrogens with one attached hydrogen (secondary N) is 2. The van der Waals surface area contributed by atoms with Crippen LogP contribution in [0.2, 0.25) is 0 Å². The highest BCUT2D eigenvalue weighted by molar-refractivity contribution is 6.09. The van der Waals surface area contributed by atoms with Crippen LogP contribution in [0, 0.1) is 5.82 Å². The number of amides is 2. The van der Waals surface area contributed by atoms with Gasteiger partial charge in [0.05, 0.1) is 31.7 Å². The first-order valence-corrected chi connectivity index (χ1v) is 9.23. The molecule has 3 aromatic rings. The SMILES string of the molecule is COc1ccc(C=NNC(=O)c2ccccc2NC(=O)c2ccc(F)cc2)c(OC)c1. The Labute approximate surface area is 178 Å². The number of hydrogen-bond acceptors (Lipinski definition) is 5. The largest absolute Gasteiger partial charge is 0.497 e. The molecule has 2 amide bonds. The van der Waals surface area contributed by atoms with Crippen LogP contribution in [0.15, 0.2) is 71.8 Å².